The molecule has 0 aliphatic heterocycles. The Labute approximate surface area is 249 Å². The summed E-state index contributed by atoms with van der Waals surface area (Å²) in [5.41, 5.74) is 1.97. The number of rotatable bonds is 13. The molecule has 0 fully saturated rings. The van der Waals surface area contributed by atoms with Gasteiger partial charge >= 0.3 is 12.2 Å². The molecular weight excluding hydrogens is 609 g/mol. The number of benzene rings is 2. The van der Waals surface area contributed by atoms with Gasteiger partial charge < -0.3 is 10.6 Å². The molecule has 0 saturated carbocycles. The number of aromatic nitrogens is 1. The molecule has 0 spiro atoms. The number of unbranched alkanes of at least 4 members (excludes halogenated alkanes) is 1. The van der Waals surface area contributed by atoms with Crippen molar-refractivity contribution in [3.8, 4) is 11.1 Å². The van der Waals surface area contributed by atoms with Gasteiger partial charge in [-0.2, -0.15) is 25.9 Å². The lowest BCUT2D eigenvalue weighted by Gasteiger charge is -2.30. The molecule has 0 aliphatic carbocycles. The van der Waals surface area contributed by atoms with Crippen molar-refractivity contribution >= 4 is 26.2 Å². The number of nitrogens with zero attached hydrogens (tertiary/aromatic N) is 2. The van der Waals surface area contributed by atoms with E-state index in [4.69, 9.17) is 4.55 Å². The van der Waals surface area contributed by atoms with E-state index in [0.29, 0.717) is 12.0 Å². The van der Waals surface area contributed by atoms with Crippen LogP contribution in [0.3, 0.4) is 0 Å². The van der Waals surface area contributed by atoms with Crippen LogP contribution in [-0.2, 0) is 32.7 Å². The van der Waals surface area contributed by atoms with Gasteiger partial charge in [-0.05, 0) is 72.7 Å². The van der Waals surface area contributed by atoms with E-state index in [-0.39, 0.29) is 25.9 Å². The van der Waals surface area contributed by atoms with Gasteiger partial charge in [0, 0.05) is 31.5 Å². The van der Waals surface area contributed by atoms with Crippen LogP contribution in [-0.4, -0.2) is 55.7 Å². The van der Waals surface area contributed by atoms with Gasteiger partial charge in [-0.3, -0.25) is 9.54 Å². The summed E-state index contributed by atoms with van der Waals surface area (Å²) in [7, 11) is -9.08. The molecule has 0 aliphatic rings. The van der Waals surface area contributed by atoms with Crippen molar-refractivity contribution in [3.05, 3.63) is 83.7 Å². The molecule has 0 saturated heterocycles. The molecule has 0 unspecified atom stereocenters. The van der Waals surface area contributed by atoms with Gasteiger partial charge in [0.1, 0.15) is 5.88 Å². The van der Waals surface area contributed by atoms with Crippen LogP contribution in [0.25, 0.3) is 11.1 Å². The van der Waals surface area contributed by atoms with Crippen LogP contribution in [0.15, 0.2) is 71.9 Å². The Morgan fingerprint density at radius 1 is 1.02 bits per heavy atom. The molecule has 1 atom stereocenters. The predicted molar refractivity (Wildman–Crippen MR) is 155 cm³/mol. The van der Waals surface area contributed by atoms with E-state index in [1.807, 2.05) is 24.4 Å². The Bertz CT molecular complexity index is 1630. The number of alkyl halides is 3. The second kappa shape index (κ2) is 14.3. The average molecular weight is 643 g/mol. The van der Waals surface area contributed by atoms with E-state index in [0.717, 1.165) is 39.2 Å². The van der Waals surface area contributed by atoms with Gasteiger partial charge in [-0.1, -0.05) is 37.3 Å². The Hall–Kier alpha value is -3.53. The minimum Gasteiger partial charge on any atom is -0.338 e. The summed E-state index contributed by atoms with van der Waals surface area (Å²) in [6.07, 6.45) is -0.439. The lowest BCUT2D eigenvalue weighted by Crippen LogP contribution is -2.39. The maximum atomic E-state index is 13.9. The van der Waals surface area contributed by atoms with Crippen molar-refractivity contribution in [2.45, 2.75) is 50.2 Å². The van der Waals surface area contributed by atoms with E-state index in [1.165, 1.54) is 6.07 Å². The highest BCUT2D eigenvalue weighted by atomic mass is 32.2. The lowest BCUT2D eigenvalue weighted by atomic mass is 9.97. The number of amides is 2. The molecule has 234 valence electrons. The summed E-state index contributed by atoms with van der Waals surface area (Å²) < 4.78 is 101. The van der Waals surface area contributed by atoms with Crippen molar-refractivity contribution in [3.63, 3.8) is 0 Å². The number of carbonyl (C=O) groups excluding carboxylic acids is 1. The van der Waals surface area contributed by atoms with E-state index < -0.39 is 54.7 Å². The maximum Gasteiger partial charge on any atom is 0.417 e. The predicted octanol–water partition coefficient (Wildman–Crippen LogP) is 5.01. The summed E-state index contributed by atoms with van der Waals surface area (Å²) >= 11 is 0. The number of carbonyl (C=O) groups is 1. The number of halogens is 3. The van der Waals surface area contributed by atoms with E-state index in [9.17, 15) is 34.8 Å². The zero-order valence-corrected chi connectivity index (χ0v) is 25.1. The molecule has 0 radical (unpaired) electrons. The molecular formula is C28H33F3N4O6S2. The number of aryl methyl sites for hydroxylation is 1. The minimum atomic E-state index is -4.91. The Kier molecular flexibility index (Phi) is 11.3. The van der Waals surface area contributed by atoms with Gasteiger partial charge in [-0.25, -0.2) is 13.2 Å². The molecule has 0 bridgehead atoms. The van der Waals surface area contributed by atoms with Crippen molar-refractivity contribution in [2.24, 2.45) is 0 Å². The first-order chi connectivity index (χ1) is 20.1. The molecule has 3 aromatic rings. The third-order valence-electron chi connectivity index (χ3n) is 6.68. The average Bonchev–Trinajstić information content (AvgIpc) is 2.96. The highest BCUT2D eigenvalue weighted by Crippen LogP contribution is 2.38. The molecule has 1 aromatic heterocycles. The highest BCUT2D eigenvalue weighted by Gasteiger charge is 2.40. The Morgan fingerprint density at radius 3 is 2.42 bits per heavy atom. The molecule has 1 heterocycles. The SMILES string of the molecule is CCc1cnccc1-c1cccc([C@H](C)N(CCCCNC(=O)NCS(=O)(=O)O)S(=O)(=O)c2ccccc2C(F)(F)F)c1. The molecule has 43 heavy (non-hydrogen) atoms. The molecule has 15 heteroatoms. The number of urea groups is 1. The van der Waals surface area contributed by atoms with Crippen molar-refractivity contribution < 1.29 is 39.4 Å². The Morgan fingerprint density at radius 2 is 1.74 bits per heavy atom. The number of hydrogen-bond donors (Lipinski definition) is 3. The van der Waals surface area contributed by atoms with E-state index >= 15 is 0 Å². The number of pyridine rings is 1. The van der Waals surface area contributed by atoms with E-state index in [2.05, 4.69) is 10.3 Å². The highest BCUT2D eigenvalue weighted by molar-refractivity contribution is 7.89. The smallest absolute Gasteiger partial charge is 0.338 e. The van der Waals surface area contributed by atoms with Gasteiger partial charge in [0.05, 0.1) is 10.5 Å². The first kappa shape index (κ1) is 34.0. The van der Waals surface area contributed by atoms with E-state index in [1.54, 1.807) is 37.5 Å². The summed E-state index contributed by atoms with van der Waals surface area (Å²) in [5, 5.41) is 4.33. The summed E-state index contributed by atoms with van der Waals surface area (Å²) in [6, 6.07) is 11.2. The second-order valence-electron chi connectivity index (χ2n) is 9.66. The third-order valence-corrected chi connectivity index (χ3v) is 9.22. The van der Waals surface area contributed by atoms with Crippen molar-refractivity contribution in [2.75, 3.05) is 19.0 Å². The number of sulfonamides is 1. The van der Waals surface area contributed by atoms with Gasteiger partial charge in [-0.15, -0.1) is 0 Å². The van der Waals surface area contributed by atoms with Crippen molar-refractivity contribution in [1.29, 1.82) is 0 Å². The van der Waals surface area contributed by atoms with Gasteiger partial charge in [0.15, 0.2) is 0 Å². The van der Waals surface area contributed by atoms with Crippen molar-refractivity contribution in [1.82, 2.24) is 19.9 Å². The van der Waals surface area contributed by atoms with Gasteiger partial charge in [0.25, 0.3) is 10.1 Å². The van der Waals surface area contributed by atoms with Crippen LogP contribution in [0.2, 0.25) is 0 Å². The normalized spacial score (nSPS) is 13.1. The van der Waals surface area contributed by atoms with Crippen LogP contribution < -0.4 is 10.6 Å². The molecule has 2 aromatic carbocycles. The fourth-order valence-electron chi connectivity index (χ4n) is 4.51. The maximum absolute atomic E-state index is 13.9. The standard InChI is InChI=1S/C28H33F3N4O6S2/c1-3-21-18-32-15-13-24(21)23-10-8-9-22(17-23)20(2)35(16-7-6-14-33-27(36)34-19-42(37,38)39)43(40,41)26-12-5-4-11-25(26)28(29,30)31/h4-5,8-13,15,17-18,20H,3,6-7,14,16,19H2,1-2H3,(H2,33,34,36)(H,37,38,39)/t20-/m0/s1. The van der Waals surface area contributed by atoms with Crippen LogP contribution in [0.5, 0.6) is 0 Å². The second-order valence-corrected chi connectivity index (χ2v) is 13.0. The quantitative estimate of drug-likeness (QED) is 0.176. The first-order valence-corrected chi connectivity index (χ1v) is 16.4. The molecule has 10 nitrogen and oxygen atoms in total. The fourth-order valence-corrected chi connectivity index (χ4v) is 6.70. The summed E-state index contributed by atoms with van der Waals surface area (Å²) in [4.78, 5) is 15.0. The Balaban J connectivity index is 1.91. The largest absolute Gasteiger partial charge is 0.417 e. The van der Waals surface area contributed by atoms with Crippen LogP contribution >= 0.6 is 0 Å². The first-order valence-electron chi connectivity index (χ1n) is 13.3. The van der Waals surface area contributed by atoms with Gasteiger partial charge in [0.2, 0.25) is 10.0 Å². The fraction of sp³-hybridized carbons (Fsp3) is 0.357. The molecule has 3 rings (SSSR count). The molecule has 2 amide bonds. The van der Waals surface area contributed by atoms with Crippen LogP contribution in [0.4, 0.5) is 18.0 Å². The third kappa shape index (κ3) is 9.23. The summed E-state index contributed by atoms with van der Waals surface area (Å²) in [6.45, 7) is 3.41. The van der Waals surface area contributed by atoms with Crippen LogP contribution in [0.1, 0.15) is 49.4 Å². The zero-order chi connectivity index (χ0) is 31.8. The summed E-state index contributed by atoms with van der Waals surface area (Å²) in [5.74, 6) is -0.987. The monoisotopic (exact) mass is 642 g/mol. The lowest BCUT2D eigenvalue weighted by molar-refractivity contribution is -0.139. The van der Waals surface area contributed by atoms with Crippen LogP contribution in [0, 0.1) is 0 Å². The molecule has 3 N–H and O–H groups in total. The minimum absolute atomic E-state index is 0.00996. The number of nitrogens with one attached hydrogen (secondary N) is 2. The topological polar surface area (TPSA) is 146 Å². The number of hydrogen-bond acceptors (Lipinski definition) is 6. The zero-order valence-electron chi connectivity index (χ0n) is 23.5.